The van der Waals surface area contributed by atoms with Crippen LogP contribution in [0.25, 0.3) is 11.3 Å². The number of hydrogen-bond donors (Lipinski definition) is 0. The van der Waals surface area contributed by atoms with E-state index in [9.17, 15) is 0 Å². The largest absolute Gasteiger partial charge is 0.353 e. The normalized spacial score (nSPS) is 14.5. The summed E-state index contributed by atoms with van der Waals surface area (Å²) in [6.07, 6.45) is 0. The number of anilines is 2. The first-order valence-electron chi connectivity index (χ1n) is 8.90. The molecule has 6 nitrogen and oxygen atoms in total. The molecule has 1 fully saturated rings. The minimum absolute atomic E-state index is 0.799. The van der Waals surface area contributed by atoms with E-state index in [0.717, 1.165) is 60.6 Å². The third-order valence-electron chi connectivity index (χ3n) is 4.61. The van der Waals surface area contributed by atoms with Crippen molar-refractivity contribution in [3.63, 3.8) is 0 Å². The summed E-state index contributed by atoms with van der Waals surface area (Å²) >= 11 is 0. The smallest absolute Gasteiger partial charge is 0.151 e. The summed E-state index contributed by atoms with van der Waals surface area (Å²) in [4.78, 5) is 13.9. The van der Waals surface area contributed by atoms with Gasteiger partial charge in [0.1, 0.15) is 11.6 Å². The Hall–Kier alpha value is -3.02. The second-order valence-electron chi connectivity index (χ2n) is 6.53. The van der Waals surface area contributed by atoms with Gasteiger partial charge in [0.25, 0.3) is 0 Å². The molecule has 2 aromatic heterocycles. The van der Waals surface area contributed by atoms with E-state index < -0.39 is 0 Å². The zero-order valence-electron chi connectivity index (χ0n) is 15.1. The van der Waals surface area contributed by atoms with Gasteiger partial charge in [0.05, 0.1) is 11.4 Å². The maximum Gasteiger partial charge on any atom is 0.151 e. The number of hydrogen-bond acceptors (Lipinski definition) is 6. The topological polar surface area (TPSA) is 58.0 Å². The Kier molecular flexibility index (Phi) is 4.48. The Labute approximate surface area is 153 Å². The van der Waals surface area contributed by atoms with E-state index in [0.29, 0.717) is 0 Å². The minimum Gasteiger partial charge on any atom is -0.353 e. The summed E-state index contributed by atoms with van der Waals surface area (Å²) in [5, 5.41) is 8.46. The molecule has 1 saturated heterocycles. The molecule has 26 heavy (non-hydrogen) atoms. The first-order chi connectivity index (χ1) is 12.7. The van der Waals surface area contributed by atoms with E-state index in [1.165, 1.54) is 0 Å². The number of rotatable bonds is 3. The summed E-state index contributed by atoms with van der Waals surface area (Å²) in [6, 6.07) is 16.4. The molecule has 0 atom stereocenters. The van der Waals surface area contributed by atoms with Gasteiger partial charge in [0, 0.05) is 37.8 Å². The van der Waals surface area contributed by atoms with Crippen LogP contribution < -0.4 is 9.80 Å². The molecule has 0 N–H and O–H groups in total. The van der Waals surface area contributed by atoms with Gasteiger partial charge in [-0.05, 0) is 26.0 Å². The summed E-state index contributed by atoms with van der Waals surface area (Å²) in [6.45, 7) is 7.52. The number of piperazine rings is 1. The minimum atomic E-state index is 0.799. The monoisotopic (exact) mass is 346 g/mol. The van der Waals surface area contributed by atoms with Crippen LogP contribution in [-0.2, 0) is 0 Å². The molecular weight excluding hydrogens is 324 g/mol. The molecule has 6 heteroatoms. The van der Waals surface area contributed by atoms with E-state index in [2.05, 4.69) is 48.2 Å². The van der Waals surface area contributed by atoms with Crippen LogP contribution in [0.4, 0.5) is 11.6 Å². The van der Waals surface area contributed by atoms with Crippen molar-refractivity contribution in [2.24, 2.45) is 0 Å². The second-order valence-corrected chi connectivity index (χ2v) is 6.53. The van der Waals surface area contributed by atoms with Crippen LogP contribution in [0, 0.1) is 13.8 Å². The molecule has 0 amide bonds. The van der Waals surface area contributed by atoms with Gasteiger partial charge in [0.15, 0.2) is 5.82 Å². The zero-order chi connectivity index (χ0) is 17.9. The fourth-order valence-electron chi connectivity index (χ4n) is 3.20. The van der Waals surface area contributed by atoms with Crippen LogP contribution >= 0.6 is 0 Å². The predicted octanol–water partition coefficient (Wildman–Crippen LogP) is 2.88. The molecule has 1 aliphatic heterocycles. The van der Waals surface area contributed by atoms with Crippen LogP contribution in [0.5, 0.6) is 0 Å². The molecule has 1 aliphatic rings. The quantitative estimate of drug-likeness (QED) is 0.727. The SMILES string of the molecule is Cc1ccc(N2CCN(c3cc(-c4ccccc4)nc(C)n3)CC2)nn1. The highest BCUT2D eigenvalue weighted by atomic mass is 15.3. The Bertz CT molecular complexity index is 871. The van der Waals surface area contributed by atoms with E-state index in [1.807, 2.05) is 44.2 Å². The molecule has 0 bridgehead atoms. The number of aryl methyl sites for hydroxylation is 2. The number of benzene rings is 1. The van der Waals surface area contributed by atoms with Crippen LogP contribution in [0.1, 0.15) is 11.5 Å². The van der Waals surface area contributed by atoms with Gasteiger partial charge in [-0.1, -0.05) is 30.3 Å². The van der Waals surface area contributed by atoms with Crippen molar-refractivity contribution in [3.8, 4) is 11.3 Å². The molecule has 4 rings (SSSR count). The summed E-state index contributed by atoms with van der Waals surface area (Å²) in [5.74, 6) is 2.73. The van der Waals surface area contributed by atoms with E-state index in [1.54, 1.807) is 0 Å². The number of nitrogens with zero attached hydrogens (tertiary/aromatic N) is 6. The van der Waals surface area contributed by atoms with Crippen molar-refractivity contribution in [1.29, 1.82) is 0 Å². The molecule has 1 aromatic carbocycles. The van der Waals surface area contributed by atoms with Crippen LogP contribution in [-0.4, -0.2) is 46.3 Å². The van der Waals surface area contributed by atoms with Crippen molar-refractivity contribution >= 4 is 11.6 Å². The maximum atomic E-state index is 4.66. The standard InChI is InChI=1S/C20H22N6/c1-15-8-9-19(24-23-15)25-10-12-26(13-11-25)20-14-18(21-16(2)22-20)17-6-4-3-5-7-17/h3-9,14H,10-13H2,1-2H3. The first-order valence-corrected chi connectivity index (χ1v) is 8.90. The molecule has 0 unspecified atom stereocenters. The number of aromatic nitrogens is 4. The lowest BCUT2D eigenvalue weighted by Crippen LogP contribution is -2.47. The van der Waals surface area contributed by atoms with Crippen LogP contribution in [0.3, 0.4) is 0 Å². The lowest BCUT2D eigenvalue weighted by atomic mass is 10.1. The van der Waals surface area contributed by atoms with Crippen molar-refractivity contribution in [3.05, 3.63) is 60.0 Å². The van der Waals surface area contributed by atoms with Gasteiger partial charge in [-0.25, -0.2) is 9.97 Å². The van der Waals surface area contributed by atoms with Gasteiger partial charge in [-0.2, -0.15) is 5.10 Å². The van der Waals surface area contributed by atoms with Crippen molar-refractivity contribution in [2.75, 3.05) is 36.0 Å². The Morgan fingerprint density at radius 3 is 2.08 bits per heavy atom. The highest BCUT2D eigenvalue weighted by Gasteiger charge is 2.20. The van der Waals surface area contributed by atoms with Gasteiger partial charge in [0.2, 0.25) is 0 Å². The molecular formula is C20H22N6. The lowest BCUT2D eigenvalue weighted by molar-refractivity contribution is 0.636. The molecule has 0 radical (unpaired) electrons. The molecule has 132 valence electrons. The third kappa shape index (κ3) is 3.49. The molecule has 3 heterocycles. The fraction of sp³-hybridized carbons (Fsp3) is 0.300. The second kappa shape index (κ2) is 7.07. The lowest BCUT2D eigenvalue weighted by Gasteiger charge is -2.36. The van der Waals surface area contributed by atoms with E-state index in [4.69, 9.17) is 0 Å². The first kappa shape index (κ1) is 16.4. The maximum absolute atomic E-state index is 4.66. The predicted molar refractivity (Wildman–Crippen MR) is 103 cm³/mol. The van der Waals surface area contributed by atoms with E-state index in [-0.39, 0.29) is 0 Å². The zero-order valence-corrected chi connectivity index (χ0v) is 15.1. The van der Waals surface area contributed by atoms with Gasteiger partial charge >= 0.3 is 0 Å². The Morgan fingerprint density at radius 1 is 0.731 bits per heavy atom. The van der Waals surface area contributed by atoms with Gasteiger partial charge in [-0.3, -0.25) is 0 Å². The molecule has 3 aromatic rings. The van der Waals surface area contributed by atoms with Crippen molar-refractivity contribution in [1.82, 2.24) is 20.2 Å². The highest BCUT2D eigenvalue weighted by Crippen LogP contribution is 2.23. The van der Waals surface area contributed by atoms with Crippen molar-refractivity contribution < 1.29 is 0 Å². The Balaban J connectivity index is 1.51. The molecule has 0 saturated carbocycles. The van der Waals surface area contributed by atoms with Gasteiger partial charge < -0.3 is 9.80 Å². The summed E-state index contributed by atoms with van der Waals surface area (Å²) in [7, 11) is 0. The molecule has 0 aliphatic carbocycles. The average molecular weight is 346 g/mol. The third-order valence-corrected chi connectivity index (χ3v) is 4.61. The fourth-order valence-corrected chi connectivity index (χ4v) is 3.20. The van der Waals surface area contributed by atoms with Crippen LogP contribution in [0.15, 0.2) is 48.5 Å². The van der Waals surface area contributed by atoms with E-state index >= 15 is 0 Å². The Morgan fingerprint density at radius 2 is 1.42 bits per heavy atom. The van der Waals surface area contributed by atoms with Gasteiger partial charge in [-0.15, -0.1) is 5.10 Å². The summed E-state index contributed by atoms with van der Waals surface area (Å²) in [5.41, 5.74) is 3.03. The molecule has 0 spiro atoms. The highest BCUT2D eigenvalue weighted by molar-refractivity contribution is 5.63. The van der Waals surface area contributed by atoms with Crippen LogP contribution in [0.2, 0.25) is 0 Å². The average Bonchev–Trinajstić information content (AvgIpc) is 2.69. The van der Waals surface area contributed by atoms with Crippen molar-refractivity contribution in [2.45, 2.75) is 13.8 Å². The summed E-state index contributed by atoms with van der Waals surface area (Å²) < 4.78 is 0.